The number of anilines is 1. The van der Waals surface area contributed by atoms with Crippen LogP contribution >= 0.6 is 0 Å². The third-order valence-electron chi connectivity index (χ3n) is 4.08. The molecule has 0 aromatic carbocycles. The minimum atomic E-state index is 0.232. The molecule has 0 saturated heterocycles. The molecule has 21 heavy (non-hydrogen) atoms. The fourth-order valence-electron chi connectivity index (χ4n) is 2.29. The van der Waals surface area contributed by atoms with E-state index in [1.165, 1.54) is 5.56 Å². The van der Waals surface area contributed by atoms with Crippen molar-refractivity contribution in [3.63, 3.8) is 0 Å². The smallest absolute Gasteiger partial charge is 0.129 e. The Morgan fingerprint density at radius 3 is 2.33 bits per heavy atom. The Hall–Kier alpha value is -1.09. The van der Waals surface area contributed by atoms with E-state index in [1.807, 2.05) is 0 Å². The average Bonchev–Trinajstić information content (AvgIpc) is 2.34. The van der Waals surface area contributed by atoms with Gasteiger partial charge in [0.2, 0.25) is 0 Å². The summed E-state index contributed by atoms with van der Waals surface area (Å²) >= 11 is 0. The van der Waals surface area contributed by atoms with Crippen molar-refractivity contribution in [2.75, 3.05) is 18.5 Å². The molecule has 0 aliphatic rings. The van der Waals surface area contributed by atoms with Gasteiger partial charge in [0, 0.05) is 25.3 Å². The first kappa shape index (κ1) is 18.0. The zero-order valence-corrected chi connectivity index (χ0v) is 15.1. The Balaban J connectivity index is 2.86. The Morgan fingerprint density at radius 2 is 1.81 bits per heavy atom. The van der Waals surface area contributed by atoms with Crippen LogP contribution in [0.4, 0.5) is 5.82 Å². The van der Waals surface area contributed by atoms with Crippen molar-refractivity contribution in [3.8, 4) is 0 Å². The number of nitrogens with one attached hydrogen (secondary N) is 1. The lowest BCUT2D eigenvalue weighted by molar-refractivity contribution is 0.328. The number of nitrogens with zero attached hydrogens (tertiary/aromatic N) is 2. The monoisotopic (exact) mass is 291 g/mol. The van der Waals surface area contributed by atoms with Gasteiger partial charge in [-0.3, -0.25) is 0 Å². The van der Waals surface area contributed by atoms with Gasteiger partial charge in [0.05, 0.1) is 0 Å². The maximum Gasteiger partial charge on any atom is 0.129 e. The summed E-state index contributed by atoms with van der Waals surface area (Å²) < 4.78 is 0. The van der Waals surface area contributed by atoms with Crippen molar-refractivity contribution < 1.29 is 0 Å². The molecule has 1 atom stereocenters. The molecule has 0 saturated carbocycles. The fourth-order valence-corrected chi connectivity index (χ4v) is 2.29. The molecule has 0 fully saturated rings. The summed E-state index contributed by atoms with van der Waals surface area (Å²) in [6, 6.07) is 4.82. The van der Waals surface area contributed by atoms with Crippen LogP contribution in [0.2, 0.25) is 0 Å². The molecular weight excluding hydrogens is 258 g/mol. The molecule has 120 valence electrons. The van der Waals surface area contributed by atoms with Gasteiger partial charge in [-0.25, -0.2) is 4.98 Å². The van der Waals surface area contributed by atoms with Gasteiger partial charge < -0.3 is 10.2 Å². The Labute approximate surface area is 131 Å². The molecule has 0 spiro atoms. The highest BCUT2D eigenvalue weighted by Crippen LogP contribution is 2.27. The number of aromatic nitrogens is 1. The van der Waals surface area contributed by atoms with E-state index in [0.29, 0.717) is 12.0 Å². The van der Waals surface area contributed by atoms with Gasteiger partial charge in [0.15, 0.2) is 0 Å². The largest absolute Gasteiger partial charge is 0.356 e. The second kappa shape index (κ2) is 7.26. The molecule has 1 heterocycles. The third-order valence-corrected chi connectivity index (χ3v) is 4.08. The number of pyridine rings is 1. The van der Waals surface area contributed by atoms with Gasteiger partial charge in [0.25, 0.3) is 0 Å². The number of hydrogen-bond acceptors (Lipinski definition) is 3. The van der Waals surface area contributed by atoms with Gasteiger partial charge in [-0.05, 0) is 49.4 Å². The minimum Gasteiger partial charge on any atom is -0.356 e. The summed E-state index contributed by atoms with van der Waals surface area (Å²) in [5.41, 5.74) is 2.63. The lowest BCUT2D eigenvalue weighted by Gasteiger charge is -2.36. The van der Waals surface area contributed by atoms with E-state index in [-0.39, 0.29) is 5.41 Å². The van der Waals surface area contributed by atoms with E-state index < -0.39 is 0 Å². The summed E-state index contributed by atoms with van der Waals surface area (Å²) in [5, 5.41) is 3.51. The number of hydrogen-bond donors (Lipinski definition) is 1. The molecule has 3 heteroatoms. The topological polar surface area (TPSA) is 28.2 Å². The van der Waals surface area contributed by atoms with Crippen LogP contribution in [0.1, 0.15) is 52.8 Å². The summed E-state index contributed by atoms with van der Waals surface area (Å²) in [7, 11) is 2.14. The maximum atomic E-state index is 4.71. The highest BCUT2D eigenvalue weighted by atomic mass is 15.2. The van der Waals surface area contributed by atoms with Crippen LogP contribution in [0.5, 0.6) is 0 Å². The van der Waals surface area contributed by atoms with Crippen molar-refractivity contribution in [2.24, 2.45) is 11.3 Å². The third kappa shape index (κ3) is 5.66. The van der Waals surface area contributed by atoms with E-state index in [4.69, 9.17) is 4.98 Å². The van der Waals surface area contributed by atoms with Crippen molar-refractivity contribution in [1.82, 2.24) is 10.3 Å². The van der Waals surface area contributed by atoms with Crippen LogP contribution in [0.25, 0.3) is 0 Å². The molecule has 0 amide bonds. The molecule has 1 aromatic rings. The van der Waals surface area contributed by atoms with Crippen LogP contribution in [0.15, 0.2) is 12.1 Å². The van der Waals surface area contributed by atoms with Gasteiger partial charge in [-0.15, -0.1) is 0 Å². The van der Waals surface area contributed by atoms with E-state index in [0.717, 1.165) is 24.6 Å². The van der Waals surface area contributed by atoms with Crippen molar-refractivity contribution >= 4 is 5.82 Å². The lowest BCUT2D eigenvalue weighted by Crippen LogP contribution is -2.40. The van der Waals surface area contributed by atoms with Crippen molar-refractivity contribution in [3.05, 3.63) is 23.4 Å². The predicted molar refractivity (Wildman–Crippen MR) is 92.8 cm³/mol. The Kier molecular flexibility index (Phi) is 6.21. The van der Waals surface area contributed by atoms with Crippen molar-refractivity contribution in [1.29, 1.82) is 0 Å². The van der Waals surface area contributed by atoms with Gasteiger partial charge in [-0.2, -0.15) is 0 Å². The summed E-state index contributed by atoms with van der Waals surface area (Å²) in [4.78, 5) is 7.00. The zero-order valence-electron chi connectivity index (χ0n) is 15.1. The van der Waals surface area contributed by atoms with Crippen molar-refractivity contribution in [2.45, 2.75) is 61.1 Å². The molecule has 1 rings (SSSR count). The first-order valence-electron chi connectivity index (χ1n) is 8.02. The quantitative estimate of drug-likeness (QED) is 0.858. The molecule has 0 radical (unpaired) electrons. The highest BCUT2D eigenvalue weighted by molar-refractivity contribution is 5.43. The summed E-state index contributed by atoms with van der Waals surface area (Å²) in [6.07, 6.45) is 0. The van der Waals surface area contributed by atoms with Crippen LogP contribution in [0.3, 0.4) is 0 Å². The lowest BCUT2D eigenvalue weighted by atomic mass is 9.87. The molecule has 1 N–H and O–H groups in total. The highest BCUT2D eigenvalue weighted by Gasteiger charge is 2.25. The molecule has 1 aromatic heterocycles. The fraction of sp³-hybridized carbons (Fsp3) is 0.722. The van der Waals surface area contributed by atoms with Crippen LogP contribution < -0.4 is 10.2 Å². The Morgan fingerprint density at radius 1 is 1.19 bits per heavy atom. The van der Waals surface area contributed by atoms with Crippen LogP contribution in [0, 0.1) is 18.3 Å². The van der Waals surface area contributed by atoms with E-state index in [1.54, 1.807) is 0 Å². The predicted octanol–water partition coefficient (Wildman–Crippen LogP) is 4.01. The van der Waals surface area contributed by atoms with Crippen LogP contribution in [-0.4, -0.2) is 24.6 Å². The molecule has 3 nitrogen and oxygen atoms in total. The SMILES string of the molecule is Cc1cc(CNCC(C)C)cc(N(C)C(C)C(C)(C)C)n1. The number of aryl methyl sites for hydroxylation is 1. The summed E-state index contributed by atoms with van der Waals surface area (Å²) in [5.74, 6) is 1.75. The average molecular weight is 291 g/mol. The summed E-state index contributed by atoms with van der Waals surface area (Å²) in [6.45, 7) is 17.6. The van der Waals surface area contributed by atoms with E-state index >= 15 is 0 Å². The molecule has 0 bridgehead atoms. The second-order valence-corrected chi connectivity index (χ2v) is 7.65. The first-order valence-corrected chi connectivity index (χ1v) is 8.02. The maximum absolute atomic E-state index is 4.71. The molecule has 1 unspecified atom stereocenters. The second-order valence-electron chi connectivity index (χ2n) is 7.65. The van der Waals surface area contributed by atoms with Gasteiger partial charge >= 0.3 is 0 Å². The van der Waals surface area contributed by atoms with Gasteiger partial charge in [-0.1, -0.05) is 34.6 Å². The first-order chi connectivity index (χ1) is 9.61. The molecular formula is C18H33N3. The van der Waals surface area contributed by atoms with Gasteiger partial charge in [0.1, 0.15) is 5.82 Å². The molecule has 0 aliphatic carbocycles. The standard InChI is InChI=1S/C18H33N3/c1-13(2)11-19-12-16-9-14(3)20-17(10-16)21(8)15(4)18(5,6)7/h9-10,13,15,19H,11-12H2,1-8H3. The zero-order chi connectivity index (χ0) is 16.2. The van der Waals surface area contributed by atoms with E-state index in [9.17, 15) is 0 Å². The number of rotatable bonds is 6. The van der Waals surface area contributed by atoms with Crippen LogP contribution in [-0.2, 0) is 6.54 Å². The molecule has 0 aliphatic heterocycles. The minimum absolute atomic E-state index is 0.232. The normalized spacial score (nSPS) is 13.6. The Bertz CT molecular complexity index is 446. The van der Waals surface area contributed by atoms with E-state index in [2.05, 4.69) is 77.9 Å².